The van der Waals surface area contributed by atoms with E-state index >= 15 is 0 Å². The fourth-order valence-corrected chi connectivity index (χ4v) is 3.76. The number of aromatic nitrogens is 3. The number of benzene rings is 1. The second-order valence-corrected chi connectivity index (χ2v) is 7.25. The van der Waals surface area contributed by atoms with E-state index < -0.39 is 6.23 Å². The van der Waals surface area contributed by atoms with Crippen LogP contribution in [0.4, 0.5) is 5.69 Å². The molecule has 0 saturated heterocycles. The average Bonchev–Trinajstić information content (AvgIpc) is 2.79. The van der Waals surface area contributed by atoms with Crippen LogP contribution >= 0.6 is 11.8 Å². The van der Waals surface area contributed by atoms with Crippen molar-refractivity contribution in [3.05, 3.63) is 24.3 Å². The van der Waals surface area contributed by atoms with Gasteiger partial charge in [-0.1, -0.05) is 56.7 Å². The van der Waals surface area contributed by atoms with Crippen molar-refractivity contribution < 1.29 is 9.53 Å². The van der Waals surface area contributed by atoms with Gasteiger partial charge >= 0.3 is 0 Å². The molecule has 3 rings (SSSR count). The first-order valence-electron chi connectivity index (χ1n) is 9.09. The topological polar surface area (TPSA) is 68.2 Å². The maximum atomic E-state index is 12.3. The first kappa shape index (κ1) is 18.6. The smallest absolute Gasteiger partial charge is 0.247 e. The summed E-state index contributed by atoms with van der Waals surface area (Å²) in [6.45, 7) is 5.72. The minimum Gasteiger partial charge on any atom is -0.451 e. The Kier molecular flexibility index (Phi) is 6.08. The third-order valence-corrected chi connectivity index (χ3v) is 5.18. The normalized spacial score (nSPS) is 15.7. The van der Waals surface area contributed by atoms with Crippen LogP contribution in [0.15, 0.2) is 29.4 Å². The van der Waals surface area contributed by atoms with Gasteiger partial charge < -0.3 is 4.74 Å². The maximum absolute atomic E-state index is 12.3. The molecule has 6 nitrogen and oxygen atoms in total. The Morgan fingerprint density at radius 3 is 2.77 bits per heavy atom. The van der Waals surface area contributed by atoms with Crippen LogP contribution < -0.4 is 9.64 Å². The number of nitrogens with zero attached hydrogens (tertiary/aromatic N) is 4. The fraction of sp³-hybridized carbons (Fsp3) is 0.474. The van der Waals surface area contributed by atoms with Crippen molar-refractivity contribution in [3.63, 3.8) is 0 Å². The molecular weight excluding hydrogens is 348 g/mol. The summed E-state index contributed by atoms with van der Waals surface area (Å²) in [5.74, 6) is 1.34. The lowest BCUT2D eigenvalue weighted by molar-refractivity contribution is -0.118. The van der Waals surface area contributed by atoms with Crippen molar-refractivity contribution in [1.82, 2.24) is 15.2 Å². The molecule has 0 saturated carbocycles. The van der Waals surface area contributed by atoms with Crippen LogP contribution in [0.5, 0.6) is 5.88 Å². The van der Waals surface area contributed by atoms with Gasteiger partial charge in [-0.05, 0) is 12.5 Å². The van der Waals surface area contributed by atoms with Crippen molar-refractivity contribution in [1.29, 1.82) is 0 Å². The van der Waals surface area contributed by atoms with Gasteiger partial charge in [0.05, 0.1) is 5.69 Å². The highest BCUT2D eigenvalue weighted by atomic mass is 32.2. The number of unbranched alkanes of at least 4 members (excludes halogenated alkanes) is 2. The summed E-state index contributed by atoms with van der Waals surface area (Å²) in [5, 5.41) is 9.27. The molecule has 1 unspecified atom stereocenters. The van der Waals surface area contributed by atoms with Gasteiger partial charge in [-0.2, -0.15) is 4.98 Å². The molecule has 0 aliphatic carbocycles. The lowest BCUT2D eigenvalue weighted by Crippen LogP contribution is -2.42. The van der Waals surface area contributed by atoms with E-state index in [0.717, 1.165) is 23.4 Å². The largest absolute Gasteiger partial charge is 0.451 e. The van der Waals surface area contributed by atoms with Gasteiger partial charge in [-0.25, -0.2) is 0 Å². The van der Waals surface area contributed by atoms with Gasteiger partial charge in [0.1, 0.15) is 0 Å². The number of ether oxygens (including phenoxy) is 1. The SMILES string of the molecule is CCCCCSc1nnc2c(n1)OC(CC)N(C(C)=O)c1ccccc1-2. The summed E-state index contributed by atoms with van der Waals surface area (Å²) in [6.07, 6.45) is 3.74. The summed E-state index contributed by atoms with van der Waals surface area (Å²) in [5.41, 5.74) is 2.18. The predicted octanol–water partition coefficient (Wildman–Crippen LogP) is 4.30. The Morgan fingerprint density at radius 1 is 1.23 bits per heavy atom. The molecule has 0 spiro atoms. The lowest BCUT2D eigenvalue weighted by Gasteiger charge is -2.28. The van der Waals surface area contributed by atoms with Crippen molar-refractivity contribution in [2.45, 2.75) is 57.8 Å². The number of amides is 1. The van der Waals surface area contributed by atoms with Crippen LogP contribution in [-0.2, 0) is 4.79 Å². The van der Waals surface area contributed by atoms with E-state index in [4.69, 9.17) is 4.74 Å². The predicted molar refractivity (Wildman–Crippen MR) is 103 cm³/mol. The average molecular weight is 372 g/mol. The number of para-hydroxylation sites is 1. The number of fused-ring (bicyclic) bond motifs is 3. The molecule has 0 radical (unpaired) electrons. The number of hydrogen-bond donors (Lipinski definition) is 0. The van der Waals surface area contributed by atoms with Crippen LogP contribution in [0.1, 0.15) is 46.5 Å². The standard InChI is InChI=1S/C19H24N4O2S/c1-4-6-9-12-26-19-20-18-17(21-22-19)14-10-7-8-11-15(14)23(13(3)24)16(5-2)25-18/h7-8,10-11,16H,4-6,9,12H2,1-3H3. The van der Waals surface area contributed by atoms with E-state index in [1.165, 1.54) is 12.8 Å². The van der Waals surface area contributed by atoms with Gasteiger partial charge in [-0.15, -0.1) is 10.2 Å². The maximum Gasteiger partial charge on any atom is 0.247 e. The van der Waals surface area contributed by atoms with Crippen molar-refractivity contribution in [2.75, 3.05) is 10.7 Å². The molecule has 7 heteroatoms. The Labute approximate surface area is 158 Å². The fourth-order valence-electron chi connectivity index (χ4n) is 2.98. The molecule has 1 amide bonds. The van der Waals surface area contributed by atoms with Gasteiger partial charge in [-0.3, -0.25) is 9.69 Å². The molecular formula is C19H24N4O2S. The van der Waals surface area contributed by atoms with Gasteiger partial charge in [0.2, 0.25) is 16.9 Å². The molecule has 138 valence electrons. The quantitative estimate of drug-likeness (QED) is 0.556. The molecule has 2 heterocycles. The van der Waals surface area contributed by atoms with E-state index in [2.05, 4.69) is 22.1 Å². The van der Waals surface area contributed by atoms with Gasteiger partial charge in [0.15, 0.2) is 11.9 Å². The third kappa shape index (κ3) is 3.82. The van der Waals surface area contributed by atoms with Crippen molar-refractivity contribution in [3.8, 4) is 17.1 Å². The Morgan fingerprint density at radius 2 is 2.04 bits per heavy atom. The molecule has 1 aromatic heterocycles. The van der Waals surface area contributed by atoms with Crippen LogP contribution in [0.3, 0.4) is 0 Å². The monoisotopic (exact) mass is 372 g/mol. The third-order valence-electron chi connectivity index (χ3n) is 4.26. The number of thioether (sulfide) groups is 1. The van der Waals surface area contributed by atoms with E-state index in [-0.39, 0.29) is 5.91 Å². The minimum atomic E-state index is -0.412. The van der Waals surface area contributed by atoms with Crippen molar-refractivity contribution in [2.24, 2.45) is 0 Å². The summed E-state index contributed by atoms with van der Waals surface area (Å²) >= 11 is 1.59. The van der Waals surface area contributed by atoms with E-state index in [1.54, 1.807) is 23.6 Å². The molecule has 0 fully saturated rings. The molecule has 1 aliphatic rings. The zero-order valence-corrected chi connectivity index (χ0v) is 16.3. The summed E-state index contributed by atoms with van der Waals surface area (Å²) in [4.78, 5) is 18.6. The van der Waals surface area contributed by atoms with Gasteiger partial charge in [0.25, 0.3) is 0 Å². The molecule has 2 aromatic rings. The highest BCUT2D eigenvalue weighted by Crippen LogP contribution is 2.39. The Bertz CT molecular complexity index is 784. The number of anilines is 1. The minimum absolute atomic E-state index is 0.0702. The number of carbonyl (C=O) groups is 1. The zero-order chi connectivity index (χ0) is 18.5. The first-order valence-corrected chi connectivity index (χ1v) is 10.1. The highest BCUT2D eigenvalue weighted by molar-refractivity contribution is 7.99. The molecule has 0 bridgehead atoms. The first-order chi connectivity index (χ1) is 12.7. The number of hydrogen-bond acceptors (Lipinski definition) is 6. The summed E-state index contributed by atoms with van der Waals surface area (Å²) < 4.78 is 6.11. The van der Waals surface area contributed by atoms with E-state index in [0.29, 0.717) is 23.2 Å². The Hall–Kier alpha value is -2.15. The lowest BCUT2D eigenvalue weighted by atomic mass is 10.1. The van der Waals surface area contributed by atoms with E-state index in [1.807, 2.05) is 31.2 Å². The summed E-state index contributed by atoms with van der Waals surface area (Å²) in [7, 11) is 0. The van der Waals surface area contributed by atoms with Crippen LogP contribution in [0.2, 0.25) is 0 Å². The Balaban J connectivity index is 1.98. The molecule has 1 aliphatic heterocycles. The number of carbonyl (C=O) groups excluding carboxylic acids is 1. The van der Waals surface area contributed by atoms with Gasteiger partial charge in [0, 0.05) is 24.7 Å². The zero-order valence-electron chi connectivity index (χ0n) is 15.4. The second-order valence-electron chi connectivity index (χ2n) is 6.19. The van der Waals surface area contributed by atoms with E-state index in [9.17, 15) is 4.79 Å². The highest BCUT2D eigenvalue weighted by Gasteiger charge is 2.32. The second kappa shape index (κ2) is 8.49. The summed E-state index contributed by atoms with van der Waals surface area (Å²) in [6, 6.07) is 7.66. The van der Waals surface area contributed by atoms with Crippen molar-refractivity contribution >= 4 is 23.4 Å². The van der Waals surface area contributed by atoms with Crippen LogP contribution in [-0.4, -0.2) is 33.1 Å². The van der Waals surface area contributed by atoms with Crippen LogP contribution in [0.25, 0.3) is 11.3 Å². The molecule has 1 aromatic carbocycles. The molecule has 0 N–H and O–H groups in total. The molecule has 1 atom stereocenters. The number of rotatable bonds is 6. The molecule has 26 heavy (non-hydrogen) atoms. The van der Waals surface area contributed by atoms with Crippen LogP contribution in [0, 0.1) is 0 Å².